The summed E-state index contributed by atoms with van der Waals surface area (Å²) in [5.41, 5.74) is 0.502. The van der Waals surface area contributed by atoms with Crippen LogP contribution in [0.5, 0.6) is 17.2 Å². The normalized spacial score (nSPS) is 15.5. The van der Waals surface area contributed by atoms with Gasteiger partial charge in [-0.3, -0.25) is 4.79 Å². The van der Waals surface area contributed by atoms with Gasteiger partial charge in [-0.15, -0.1) is 0 Å². The molecule has 0 radical (unpaired) electrons. The molecule has 0 spiro atoms. The van der Waals surface area contributed by atoms with Crippen LogP contribution in [0.3, 0.4) is 0 Å². The number of benzene rings is 2. The third-order valence-electron chi connectivity index (χ3n) is 4.47. The number of esters is 2. The van der Waals surface area contributed by atoms with Crippen molar-refractivity contribution in [3.63, 3.8) is 0 Å². The molecule has 2 aromatic carbocycles. The third-order valence-corrected chi connectivity index (χ3v) is 5.47. The Morgan fingerprint density at radius 3 is 2.52 bits per heavy atom. The van der Waals surface area contributed by atoms with Gasteiger partial charge in [0.25, 0.3) is 0 Å². The molecular weight excluding hydrogens is 488 g/mol. The molecule has 0 fully saturated rings. The molecule has 0 saturated carbocycles. The molecule has 0 bridgehead atoms. The van der Waals surface area contributed by atoms with Crippen LogP contribution in [0.1, 0.15) is 56.0 Å². The minimum Gasteiger partial charge on any atom is -0.492 e. The molecule has 1 aliphatic heterocycles. The highest BCUT2D eigenvalue weighted by Crippen LogP contribution is 2.49. The zero-order valence-corrected chi connectivity index (χ0v) is 20.1. The van der Waals surface area contributed by atoms with Gasteiger partial charge in [0.05, 0.1) is 29.7 Å². The monoisotopic (exact) mass is 510 g/mol. The van der Waals surface area contributed by atoms with E-state index < -0.39 is 17.5 Å². The molecule has 1 aliphatic rings. The van der Waals surface area contributed by atoms with Crippen molar-refractivity contribution in [1.82, 2.24) is 0 Å². The number of hydrogen-bond donors (Lipinski definition) is 0. The number of carbonyl (C=O) groups is 2. The lowest BCUT2D eigenvalue weighted by atomic mass is 9.93. The summed E-state index contributed by atoms with van der Waals surface area (Å²) in [6.07, 6.45) is 0.515. The topological polar surface area (TPSA) is 71.1 Å². The molecule has 8 heteroatoms. The van der Waals surface area contributed by atoms with Crippen molar-refractivity contribution >= 4 is 39.5 Å². The number of fused-ring (bicyclic) bond motifs is 1. The Morgan fingerprint density at radius 1 is 1.23 bits per heavy atom. The molecule has 0 amide bonds. The van der Waals surface area contributed by atoms with Crippen LogP contribution in [-0.2, 0) is 14.3 Å². The van der Waals surface area contributed by atoms with Crippen LogP contribution in [0.15, 0.2) is 34.8 Å². The largest absolute Gasteiger partial charge is 0.492 e. The predicted octanol–water partition coefficient (Wildman–Crippen LogP) is 6.28. The number of carbonyl (C=O) groups excluding carboxylic acids is 2. The standard InChI is InChI=1S/C23H24BrClO6/c1-5-28-22(27)15-10-11-29-19-16(15)12-17(25)20(18(19)24)30-14-8-6-13(7-9-14)21(26)31-23(2,3)4/h6-9,12,15H,5,10-11H2,1-4H3. The maximum absolute atomic E-state index is 12.3. The van der Waals surface area contributed by atoms with E-state index in [-0.39, 0.29) is 5.97 Å². The molecular formula is C23H24BrClO6. The molecule has 0 aromatic heterocycles. The molecule has 0 N–H and O–H groups in total. The highest BCUT2D eigenvalue weighted by atomic mass is 79.9. The molecule has 0 aliphatic carbocycles. The van der Waals surface area contributed by atoms with Crippen molar-refractivity contribution < 1.29 is 28.5 Å². The Balaban J connectivity index is 1.85. The number of ether oxygens (including phenoxy) is 4. The number of rotatable bonds is 5. The summed E-state index contributed by atoms with van der Waals surface area (Å²) in [5, 5.41) is 0.321. The van der Waals surface area contributed by atoms with Gasteiger partial charge in [0, 0.05) is 5.56 Å². The highest BCUT2D eigenvalue weighted by Gasteiger charge is 2.32. The van der Waals surface area contributed by atoms with Gasteiger partial charge in [-0.2, -0.15) is 0 Å². The first-order valence-corrected chi connectivity index (χ1v) is 11.1. The van der Waals surface area contributed by atoms with Gasteiger partial charge in [0.2, 0.25) is 0 Å². The van der Waals surface area contributed by atoms with Crippen molar-refractivity contribution in [3.8, 4) is 17.2 Å². The minimum absolute atomic E-state index is 0.304. The van der Waals surface area contributed by atoms with Gasteiger partial charge < -0.3 is 18.9 Å². The van der Waals surface area contributed by atoms with E-state index in [2.05, 4.69) is 15.9 Å². The fourth-order valence-electron chi connectivity index (χ4n) is 3.14. The zero-order chi connectivity index (χ0) is 22.8. The first-order valence-electron chi connectivity index (χ1n) is 9.93. The molecule has 6 nitrogen and oxygen atoms in total. The van der Waals surface area contributed by atoms with Crippen LogP contribution in [0.4, 0.5) is 0 Å². The van der Waals surface area contributed by atoms with Crippen LogP contribution in [-0.4, -0.2) is 30.8 Å². The van der Waals surface area contributed by atoms with Crippen LogP contribution in [0, 0.1) is 0 Å². The fraction of sp³-hybridized carbons (Fsp3) is 0.391. The summed E-state index contributed by atoms with van der Waals surface area (Å²) >= 11 is 9.98. The van der Waals surface area contributed by atoms with E-state index in [1.54, 1.807) is 37.3 Å². The van der Waals surface area contributed by atoms with Crippen molar-refractivity contribution in [2.45, 2.75) is 45.6 Å². The van der Waals surface area contributed by atoms with E-state index in [1.165, 1.54) is 0 Å². The lowest BCUT2D eigenvalue weighted by Crippen LogP contribution is -2.23. The lowest BCUT2D eigenvalue weighted by molar-refractivity contribution is -0.145. The molecule has 0 saturated heterocycles. The molecule has 3 rings (SSSR count). The highest BCUT2D eigenvalue weighted by molar-refractivity contribution is 9.10. The van der Waals surface area contributed by atoms with Crippen LogP contribution in [0.25, 0.3) is 0 Å². The summed E-state index contributed by atoms with van der Waals surface area (Å²) in [4.78, 5) is 24.5. The molecule has 1 unspecified atom stereocenters. The van der Waals surface area contributed by atoms with E-state index in [4.69, 9.17) is 30.5 Å². The van der Waals surface area contributed by atoms with E-state index in [1.807, 2.05) is 20.8 Å². The quantitative estimate of drug-likeness (QED) is 0.440. The van der Waals surface area contributed by atoms with Crippen molar-refractivity contribution in [2.75, 3.05) is 13.2 Å². The SMILES string of the molecule is CCOC(=O)C1CCOc2c1cc(Cl)c(Oc1ccc(C(=O)OC(C)(C)C)cc1)c2Br. The molecule has 1 atom stereocenters. The molecule has 1 heterocycles. The Kier molecular flexibility index (Phi) is 7.17. The molecule has 166 valence electrons. The smallest absolute Gasteiger partial charge is 0.338 e. The minimum atomic E-state index is -0.574. The average molecular weight is 512 g/mol. The maximum Gasteiger partial charge on any atom is 0.338 e. The Morgan fingerprint density at radius 2 is 1.90 bits per heavy atom. The summed E-state index contributed by atoms with van der Waals surface area (Å²) in [5.74, 6) is 0.183. The third kappa shape index (κ3) is 5.52. The lowest BCUT2D eigenvalue weighted by Gasteiger charge is -2.26. The first kappa shape index (κ1) is 23.4. The van der Waals surface area contributed by atoms with E-state index in [9.17, 15) is 9.59 Å². The Labute approximate surface area is 194 Å². The zero-order valence-electron chi connectivity index (χ0n) is 17.8. The summed E-state index contributed by atoms with van der Waals surface area (Å²) in [7, 11) is 0. The second-order valence-electron chi connectivity index (χ2n) is 7.99. The predicted molar refractivity (Wildman–Crippen MR) is 120 cm³/mol. The van der Waals surface area contributed by atoms with Crippen molar-refractivity contribution in [3.05, 3.63) is 51.0 Å². The van der Waals surface area contributed by atoms with Gasteiger partial charge in [-0.05, 0) is 80.4 Å². The maximum atomic E-state index is 12.3. The van der Waals surface area contributed by atoms with E-state index >= 15 is 0 Å². The Hall–Kier alpha value is -2.25. The summed E-state index contributed by atoms with van der Waals surface area (Å²) in [6.45, 7) is 7.89. The van der Waals surface area contributed by atoms with Gasteiger partial charge in [0.1, 0.15) is 21.6 Å². The van der Waals surface area contributed by atoms with Gasteiger partial charge in [-0.25, -0.2) is 4.79 Å². The van der Waals surface area contributed by atoms with Gasteiger partial charge >= 0.3 is 11.9 Å². The van der Waals surface area contributed by atoms with Crippen molar-refractivity contribution in [2.24, 2.45) is 0 Å². The van der Waals surface area contributed by atoms with Crippen molar-refractivity contribution in [1.29, 1.82) is 0 Å². The first-order chi connectivity index (χ1) is 14.6. The van der Waals surface area contributed by atoms with Crippen LogP contribution in [0.2, 0.25) is 5.02 Å². The fourth-order valence-corrected chi connectivity index (χ4v) is 4.14. The number of halogens is 2. The van der Waals surface area contributed by atoms with E-state index in [0.29, 0.717) is 57.5 Å². The molecule has 2 aromatic rings. The Bertz CT molecular complexity index is 981. The summed E-state index contributed by atoms with van der Waals surface area (Å²) in [6, 6.07) is 8.23. The number of hydrogen-bond acceptors (Lipinski definition) is 6. The average Bonchev–Trinajstić information content (AvgIpc) is 2.70. The van der Waals surface area contributed by atoms with E-state index in [0.717, 1.165) is 0 Å². The van der Waals surface area contributed by atoms with Gasteiger partial charge in [0.15, 0.2) is 5.75 Å². The second-order valence-corrected chi connectivity index (χ2v) is 9.19. The van der Waals surface area contributed by atoms with Crippen LogP contribution >= 0.6 is 27.5 Å². The van der Waals surface area contributed by atoms with Crippen LogP contribution < -0.4 is 9.47 Å². The molecule has 31 heavy (non-hydrogen) atoms. The van der Waals surface area contributed by atoms with Gasteiger partial charge in [-0.1, -0.05) is 11.6 Å². The summed E-state index contributed by atoms with van der Waals surface area (Å²) < 4.78 is 22.8. The second kappa shape index (κ2) is 9.49.